The van der Waals surface area contributed by atoms with Gasteiger partial charge in [-0.15, -0.1) is 0 Å². The molecule has 0 radical (unpaired) electrons. The fourth-order valence-corrected chi connectivity index (χ4v) is 3.39. The predicted molar refractivity (Wildman–Crippen MR) is 91.6 cm³/mol. The topological polar surface area (TPSA) is 38.3 Å². The molecule has 0 spiro atoms. The number of halogens is 6. The molecule has 0 saturated carbocycles. The van der Waals surface area contributed by atoms with Crippen molar-refractivity contribution in [1.82, 2.24) is 0 Å². The Morgan fingerprint density at radius 3 is 1.70 bits per heavy atom. The van der Waals surface area contributed by atoms with Crippen molar-refractivity contribution in [3.8, 4) is 0 Å². The summed E-state index contributed by atoms with van der Waals surface area (Å²) in [5.74, 6) is 0. The van der Waals surface area contributed by atoms with Gasteiger partial charge < -0.3 is 29.1 Å². The van der Waals surface area contributed by atoms with Crippen molar-refractivity contribution in [3.05, 3.63) is 0 Å². The Kier molecular flexibility index (Phi) is 15.5. The van der Waals surface area contributed by atoms with Crippen LogP contribution in [-0.4, -0.2) is 77.0 Å². The Balaban J connectivity index is 0. The van der Waals surface area contributed by atoms with E-state index in [1.807, 2.05) is 6.92 Å². The molecule has 0 bridgehead atoms. The van der Waals surface area contributed by atoms with Gasteiger partial charge in [-0.05, 0) is 13.8 Å². The molecule has 12 heteroatoms. The highest BCUT2D eigenvalue weighted by Gasteiger charge is 2.32. The Labute approximate surface area is 158 Å². The molecular formula is C15H32B2F6N2O2. The Bertz CT molecular complexity index is 355. The van der Waals surface area contributed by atoms with E-state index < -0.39 is 20.1 Å². The number of nitrogens with one attached hydrogen (secondary N) is 2. The van der Waals surface area contributed by atoms with Crippen molar-refractivity contribution in [2.75, 3.05) is 45.7 Å². The lowest BCUT2D eigenvalue weighted by Crippen LogP contribution is -3.14. The minimum atomic E-state index is -2.22. The molecule has 2 heterocycles. The molecule has 2 saturated heterocycles. The standard InChI is InChI=1S/C8H16BF2NO.C7H14BF2NO.2FH/c1-2-13-8-3-5-12(6-4-8)7-9(10)11;1-7(12)2-4-11(5-3-7)6-8(9)10;;/h8H,2-7H2,1H3;12H,2-6H2,1H3;2*1H. The average Bonchev–Trinajstić information content (AvgIpc) is 2.51. The van der Waals surface area contributed by atoms with Crippen LogP contribution in [0.3, 0.4) is 0 Å². The fourth-order valence-electron chi connectivity index (χ4n) is 3.39. The molecule has 0 aliphatic carbocycles. The molecule has 2 rings (SSSR count). The number of quaternary nitrogens is 2. The Morgan fingerprint density at radius 1 is 0.926 bits per heavy atom. The van der Waals surface area contributed by atoms with Crippen molar-refractivity contribution in [3.63, 3.8) is 0 Å². The molecular weight excluding hydrogens is 376 g/mol. The summed E-state index contributed by atoms with van der Waals surface area (Å²) in [4.78, 5) is 1.93. The predicted octanol–water partition coefficient (Wildman–Crippen LogP) is -6.57. The van der Waals surface area contributed by atoms with Gasteiger partial charge in [0.15, 0.2) is 0 Å². The monoisotopic (exact) mass is 408 g/mol. The fraction of sp³-hybridized carbons (Fsp3) is 1.00. The second-order valence-corrected chi connectivity index (χ2v) is 7.34. The summed E-state index contributed by atoms with van der Waals surface area (Å²) in [5, 5.41) is 9.53. The zero-order chi connectivity index (χ0) is 18.9. The summed E-state index contributed by atoms with van der Waals surface area (Å²) in [5.41, 5.74) is -0.619. The van der Waals surface area contributed by atoms with Gasteiger partial charge in [0, 0.05) is 32.3 Å². The number of aliphatic hydroxyl groups is 1. The molecule has 27 heavy (non-hydrogen) atoms. The minimum Gasteiger partial charge on any atom is -1.00 e. The van der Waals surface area contributed by atoms with Gasteiger partial charge >= 0.3 is 14.5 Å². The normalized spacial score (nSPS) is 30.1. The van der Waals surface area contributed by atoms with Crippen LogP contribution in [-0.2, 0) is 4.74 Å². The molecule has 2 aliphatic rings. The number of ether oxygens (including phenoxy) is 1. The maximum absolute atomic E-state index is 12.0. The third kappa shape index (κ3) is 13.4. The first-order valence-electron chi connectivity index (χ1n) is 9.29. The van der Waals surface area contributed by atoms with E-state index in [-0.39, 0.29) is 22.3 Å². The molecule has 0 aromatic rings. The maximum atomic E-state index is 12.0. The molecule has 3 N–H and O–H groups in total. The molecule has 0 atom stereocenters. The van der Waals surface area contributed by atoms with Gasteiger partial charge in [0.25, 0.3) is 0 Å². The summed E-state index contributed by atoms with van der Waals surface area (Å²) >= 11 is 0. The second-order valence-electron chi connectivity index (χ2n) is 7.34. The first-order valence-corrected chi connectivity index (χ1v) is 9.29. The van der Waals surface area contributed by atoms with Crippen LogP contribution in [0.5, 0.6) is 0 Å². The number of hydrogen-bond acceptors (Lipinski definition) is 2. The first-order chi connectivity index (χ1) is 11.7. The van der Waals surface area contributed by atoms with Gasteiger partial charge in [-0.3, -0.25) is 17.3 Å². The average molecular weight is 408 g/mol. The Morgan fingerprint density at radius 2 is 1.33 bits per heavy atom. The third-order valence-corrected chi connectivity index (χ3v) is 4.96. The van der Waals surface area contributed by atoms with E-state index in [0.29, 0.717) is 32.0 Å². The molecule has 2 fully saturated rings. The van der Waals surface area contributed by atoms with Gasteiger partial charge in [-0.2, -0.15) is 0 Å². The summed E-state index contributed by atoms with van der Waals surface area (Å²) in [6.07, 6.45) is 3.36. The van der Waals surface area contributed by atoms with Crippen molar-refractivity contribution in [2.45, 2.75) is 51.2 Å². The van der Waals surface area contributed by atoms with E-state index >= 15 is 0 Å². The number of rotatable bonds is 6. The van der Waals surface area contributed by atoms with E-state index in [0.717, 1.165) is 42.3 Å². The second kappa shape index (κ2) is 14.5. The number of hydrogen-bond donors (Lipinski definition) is 3. The minimum absolute atomic E-state index is 0. The highest BCUT2D eigenvalue weighted by atomic mass is 19.2. The maximum Gasteiger partial charge on any atom is 0.592 e. The van der Waals surface area contributed by atoms with Crippen molar-refractivity contribution < 1.29 is 46.3 Å². The third-order valence-electron chi connectivity index (χ3n) is 4.96. The SMILES string of the molecule is CC1(O)CC[NH+](CB(F)F)CC1.CCOC1CC[NH+](CB(F)F)CC1.[F-].[F-]. The number of piperidine rings is 2. The lowest BCUT2D eigenvalue weighted by Gasteiger charge is -2.32. The molecule has 0 aromatic heterocycles. The summed E-state index contributed by atoms with van der Waals surface area (Å²) in [6.45, 7) is 7.46. The molecule has 0 amide bonds. The summed E-state index contributed by atoms with van der Waals surface area (Å²) in [6, 6.07) is 0. The smallest absolute Gasteiger partial charge is 0.592 e. The van der Waals surface area contributed by atoms with Crippen LogP contribution >= 0.6 is 0 Å². The van der Waals surface area contributed by atoms with Crippen LogP contribution in [0.2, 0.25) is 0 Å². The van der Waals surface area contributed by atoms with Crippen LogP contribution in [0.15, 0.2) is 0 Å². The van der Waals surface area contributed by atoms with Crippen LogP contribution in [0.4, 0.5) is 17.3 Å². The molecule has 4 nitrogen and oxygen atoms in total. The van der Waals surface area contributed by atoms with Crippen molar-refractivity contribution >= 4 is 14.5 Å². The van der Waals surface area contributed by atoms with Gasteiger partial charge in [0.05, 0.1) is 37.9 Å². The molecule has 162 valence electrons. The van der Waals surface area contributed by atoms with Crippen molar-refractivity contribution in [2.24, 2.45) is 0 Å². The van der Waals surface area contributed by atoms with E-state index in [1.165, 1.54) is 0 Å². The van der Waals surface area contributed by atoms with Crippen LogP contribution < -0.4 is 19.2 Å². The van der Waals surface area contributed by atoms with E-state index in [4.69, 9.17) is 4.74 Å². The summed E-state index contributed by atoms with van der Waals surface area (Å²) < 4.78 is 53.3. The van der Waals surface area contributed by atoms with Crippen molar-refractivity contribution in [1.29, 1.82) is 0 Å². The van der Waals surface area contributed by atoms with Gasteiger partial charge in [-0.1, -0.05) is 0 Å². The van der Waals surface area contributed by atoms with Gasteiger partial charge in [-0.25, -0.2) is 0 Å². The van der Waals surface area contributed by atoms with E-state index in [1.54, 1.807) is 6.92 Å². The van der Waals surface area contributed by atoms with Crippen LogP contribution in [0.1, 0.15) is 39.5 Å². The highest BCUT2D eigenvalue weighted by molar-refractivity contribution is 6.42. The largest absolute Gasteiger partial charge is 1.00 e. The van der Waals surface area contributed by atoms with E-state index in [2.05, 4.69) is 0 Å². The molecule has 2 aliphatic heterocycles. The van der Waals surface area contributed by atoms with Gasteiger partial charge in [0.2, 0.25) is 0 Å². The summed E-state index contributed by atoms with van der Waals surface area (Å²) in [7, 11) is -4.39. The van der Waals surface area contributed by atoms with Crippen LogP contribution in [0, 0.1) is 0 Å². The Hall–Kier alpha value is -0.450. The van der Waals surface area contributed by atoms with Crippen LogP contribution in [0.25, 0.3) is 0 Å². The van der Waals surface area contributed by atoms with Gasteiger partial charge in [0.1, 0.15) is 12.9 Å². The molecule has 0 aromatic carbocycles. The van der Waals surface area contributed by atoms with E-state index in [9.17, 15) is 22.4 Å². The zero-order valence-corrected chi connectivity index (χ0v) is 16.1. The number of likely N-dealkylation sites (tertiary alicyclic amines) is 2. The highest BCUT2D eigenvalue weighted by Crippen LogP contribution is 2.13. The molecule has 0 unspecified atom stereocenters. The quantitative estimate of drug-likeness (QED) is 0.302. The lowest BCUT2D eigenvalue weighted by molar-refractivity contribution is -0.897. The first kappa shape index (κ1) is 28.8. The lowest BCUT2D eigenvalue weighted by atomic mass is 9.90. The zero-order valence-electron chi connectivity index (χ0n) is 16.1.